The van der Waals surface area contributed by atoms with Gasteiger partial charge in [0.05, 0.1) is 12.1 Å². The van der Waals surface area contributed by atoms with E-state index in [2.05, 4.69) is 10.2 Å². The summed E-state index contributed by atoms with van der Waals surface area (Å²) in [6.45, 7) is 0. The van der Waals surface area contributed by atoms with Gasteiger partial charge in [0.25, 0.3) is 0 Å². The van der Waals surface area contributed by atoms with Crippen molar-refractivity contribution >= 4 is 28.3 Å². The monoisotopic (exact) mass is 206 g/mol. The number of nitrogens with zero attached hydrogens (tertiary/aromatic N) is 2. The van der Waals surface area contributed by atoms with E-state index in [-0.39, 0.29) is 17.4 Å². The molecular formula is C10H7ClN2O. The number of benzene rings is 1. The molecule has 0 atom stereocenters. The van der Waals surface area contributed by atoms with Gasteiger partial charge in [-0.25, -0.2) is 0 Å². The smallest absolute Gasteiger partial charge is 0.200 e. The summed E-state index contributed by atoms with van der Waals surface area (Å²) in [5.74, 6) is -0.180. The van der Waals surface area contributed by atoms with E-state index in [1.54, 1.807) is 0 Å². The minimum atomic E-state index is -0.180. The SMILES string of the molecule is O=C1CC(c2ccccc2)=NN=C1Cl. The molecule has 0 unspecified atom stereocenters. The van der Waals surface area contributed by atoms with E-state index in [1.165, 1.54) is 0 Å². The molecule has 0 bridgehead atoms. The van der Waals surface area contributed by atoms with Crippen LogP contribution in [0.2, 0.25) is 0 Å². The minimum Gasteiger partial charge on any atom is -0.291 e. The largest absolute Gasteiger partial charge is 0.291 e. The summed E-state index contributed by atoms with van der Waals surface area (Å²) in [5.41, 5.74) is 1.58. The maximum Gasteiger partial charge on any atom is 0.200 e. The molecule has 0 amide bonds. The predicted octanol–water partition coefficient (Wildman–Crippen LogP) is 2.00. The molecule has 14 heavy (non-hydrogen) atoms. The van der Waals surface area contributed by atoms with E-state index in [1.807, 2.05) is 30.3 Å². The molecule has 1 heterocycles. The quantitative estimate of drug-likeness (QED) is 0.693. The van der Waals surface area contributed by atoms with Crippen LogP contribution in [0.1, 0.15) is 12.0 Å². The number of rotatable bonds is 1. The molecule has 1 aliphatic heterocycles. The Balaban J connectivity index is 2.35. The lowest BCUT2D eigenvalue weighted by molar-refractivity contribution is -0.111. The van der Waals surface area contributed by atoms with Crippen molar-refractivity contribution in [2.24, 2.45) is 10.2 Å². The Labute approximate surface area is 86.1 Å². The van der Waals surface area contributed by atoms with Crippen molar-refractivity contribution in [2.75, 3.05) is 0 Å². The normalized spacial score (nSPS) is 16.2. The second kappa shape index (κ2) is 3.72. The second-order valence-corrected chi connectivity index (χ2v) is 3.26. The van der Waals surface area contributed by atoms with Gasteiger partial charge in [-0.3, -0.25) is 4.79 Å². The number of hydrogen-bond donors (Lipinski definition) is 0. The van der Waals surface area contributed by atoms with Crippen molar-refractivity contribution < 1.29 is 4.79 Å². The summed E-state index contributed by atoms with van der Waals surface area (Å²) in [5, 5.41) is 7.43. The van der Waals surface area contributed by atoms with E-state index in [9.17, 15) is 4.79 Å². The lowest BCUT2D eigenvalue weighted by Crippen LogP contribution is -2.18. The van der Waals surface area contributed by atoms with Crippen LogP contribution in [0.3, 0.4) is 0 Å². The van der Waals surface area contributed by atoms with Crippen molar-refractivity contribution in [2.45, 2.75) is 6.42 Å². The zero-order valence-corrected chi connectivity index (χ0v) is 8.03. The van der Waals surface area contributed by atoms with Gasteiger partial charge in [-0.05, 0) is 5.56 Å². The summed E-state index contributed by atoms with van der Waals surface area (Å²) < 4.78 is 0. The lowest BCUT2D eigenvalue weighted by Gasteiger charge is -2.07. The van der Waals surface area contributed by atoms with Gasteiger partial charge in [0.1, 0.15) is 0 Å². The van der Waals surface area contributed by atoms with Crippen molar-refractivity contribution in [1.29, 1.82) is 0 Å². The summed E-state index contributed by atoms with van der Waals surface area (Å²) in [6.07, 6.45) is 0.229. The fraction of sp³-hybridized carbons (Fsp3) is 0.100. The van der Waals surface area contributed by atoms with Gasteiger partial charge >= 0.3 is 0 Å². The van der Waals surface area contributed by atoms with E-state index < -0.39 is 0 Å². The Morgan fingerprint density at radius 1 is 1.14 bits per heavy atom. The molecule has 4 heteroatoms. The van der Waals surface area contributed by atoms with Gasteiger partial charge in [-0.1, -0.05) is 41.9 Å². The highest BCUT2D eigenvalue weighted by atomic mass is 35.5. The maximum atomic E-state index is 11.2. The van der Waals surface area contributed by atoms with Crippen molar-refractivity contribution in [3.63, 3.8) is 0 Å². The first-order chi connectivity index (χ1) is 6.77. The summed E-state index contributed by atoms with van der Waals surface area (Å²) in [7, 11) is 0. The molecule has 3 nitrogen and oxygen atoms in total. The molecule has 0 aromatic heterocycles. The molecule has 0 fully saturated rings. The van der Waals surface area contributed by atoms with Crippen LogP contribution in [0.15, 0.2) is 40.5 Å². The van der Waals surface area contributed by atoms with Crippen LogP contribution < -0.4 is 0 Å². The summed E-state index contributed by atoms with van der Waals surface area (Å²) in [6, 6.07) is 9.47. The van der Waals surface area contributed by atoms with Crippen LogP contribution in [0.4, 0.5) is 0 Å². The van der Waals surface area contributed by atoms with Crippen molar-refractivity contribution in [3.8, 4) is 0 Å². The van der Waals surface area contributed by atoms with Gasteiger partial charge in [0, 0.05) is 0 Å². The summed E-state index contributed by atoms with van der Waals surface area (Å²) >= 11 is 5.51. The first-order valence-corrected chi connectivity index (χ1v) is 4.54. The Morgan fingerprint density at radius 3 is 2.50 bits per heavy atom. The topological polar surface area (TPSA) is 41.8 Å². The van der Waals surface area contributed by atoms with Crippen LogP contribution in [0, 0.1) is 0 Å². The lowest BCUT2D eigenvalue weighted by atomic mass is 10.1. The number of halogens is 1. The molecule has 0 saturated heterocycles. The van der Waals surface area contributed by atoms with Crippen LogP contribution in [0.25, 0.3) is 0 Å². The maximum absolute atomic E-state index is 11.2. The number of carbonyl (C=O) groups excluding carboxylic acids is 1. The highest BCUT2D eigenvalue weighted by Crippen LogP contribution is 2.11. The molecule has 0 saturated carbocycles. The minimum absolute atomic E-state index is 0.0373. The average molecular weight is 207 g/mol. The third-order valence-electron chi connectivity index (χ3n) is 1.92. The third-order valence-corrected chi connectivity index (χ3v) is 2.21. The van der Waals surface area contributed by atoms with Crippen LogP contribution >= 0.6 is 11.6 Å². The fourth-order valence-corrected chi connectivity index (χ4v) is 1.32. The zero-order chi connectivity index (χ0) is 9.97. The van der Waals surface area contributed by atoms with Gasteiger partial charge in [0.15, 0.2) is 5.17 Å². The van der Waals surface area contributed by atoms with Gasteiger partial charge in [0.2, 0.25) is 5.78 Å². The number of ketones is 1. The molecule has 1 aliphatic rings. The second-order valence-electron chi connectivity index (χ2n) is 2.90. The Morgan fingerprint density at radius 2 is 1.86 bits per heavy atom. The standard InChI is InChI=1S/C10H7ClN2O/c11-10-9(14)6-8(12-13-10)7-4-2-1-3-5-7/h1-5H,6H2. The molecule has 70 valence electrons. The first-order valence-electron chi connectivity index (χ1n) is 4.16. The van der Waals surface area contributed by atoms with E-state index in [0.717, 1.165) is 5.56 Å². The Bertz CT molecular complexity index is 423. The number of hydrogen-bond acceptors (Lipinski definition) is 3. The first kappa shape index (κ1) is 9.09. The molecular weight excluding hydrogens is 200 g/mol. The van der Waals surface area contributed by atoms with Gasteiger partial charge in [-0.15, -0.1) is 5.10 Å². The molecule has 1 aromatic rings. The van der Waals surface area contributed by atoms with Crippen LogP contribution in [-0.2, 0) is 4.79 Å². The molecule has 0 N–H and O–H groups in total. The molecule has 0 radical (unpaired) electrons. The average Bonchev–Trinajstić information content (AvgIpc) is 2.23. The highest BCUT2D eigenvalue weighted by Gasteiger charge is 2.18. The predicted molar refractivity (Wildman–Crippen MR) is 55.9 cm³/mol. The fourth-order valence-electron chi connectivity index (χ4n) is 1.21. The van der Waals surface area contributed by atoms with Crippen LogP contribution in [0.5, 0.6) is 0 Å². The number of carbonyl (C=O) groups is 1. The molecule has 0 aliphatic carbocycles. The van der Waals surface area contributed by atoms with E-state index in [0.29, 0.717) is 5.71 Å². The van der Waals surface area contributed by atoms with E-state index >= 15 is 0 Å². The van der Waals surface area contributed by atoms with E-state index in [4.69, 9.17) is 11.6 Å². The van der Waals surface area contributed by atoms with Gasteiger partial charge in [-0.2, -0.15) is 5.10 Å². The van der Waals surface area contributed by atoms with Gasteiger partial charge < -0.3 is 0 Å². The van der Waals surface area contributed by atoms with Crippen LogP contribution in [-0.4, -0.2) is 16.7 Å². The Hall–Kier alpha value is -1.48. The number of Topliss-reactive ketones (excluding diaryl/α,β-unsaturated/α-hetero) is 1. The molecule has 0 spiro atoms. The Kier molecular flexibility index (Phi) is 2.41. The third kappa shape index (κ3) is 1.72. The molecule has 1 aromatic carbocycles. The highest BCUT2D eigenvalue weighted by molar-refractivity contribution is 6.84. The zero-order valence-electron chi connectivity index (χ0n) is 7.27. The van der Waals surface area contributed by atoms with Crippen molar-refractivity contribution in [1.82, 2.24) is 0 Å². The summed E-state index contributed by atoms with van der Waals surface area (Å²) in [4.78, 5) is 11.2. The molecule has 2 rings (SSSR count). The van der Waals surface area contributed by atoms with Crippen molar-refractivity contribution in [3.05, 3.63) is 35.9 Å².